The molecular weight excluding hydrogens is 190 g/mol. The minimum Gasteiger partial charge on any atom is -0.387 e. The fourth-order valence-corrected chi connectivity index (χ4v) is 1.75. The third-order valence-electron chi connectivity index (χ3n) is 2.46. The van der Waals surface area contributed by atoms with Crippen LogP contribution in [-0.4, -0.2) is 28.9 Å². The zero-order valence-electron chi connectivity index (χ0n) is 8.61. The number of rotatable bonds is 3. The molecule has 0 spiro atoms. The van der Waals surface area contributed by atoms with E-state index in [1.54, 1.807) is 12.3 Å². The van der Waals surface area contributed by atoms with Gasteiger partial charge < -0.3 is 10.6 Å². The Balaban J connectivity index is 2.14. The summed E-state index contributed by atoms with van der Waals surface area (Å²) >= 11 is 0. The summed E-state index contributed by atoms with van der Waals surface area (Å²) in [5.41, 5.74) is 6.16. The Bertz CT molecular complexity index is 357. The van der Waals surface area contributed by atoms with Crippen LogP contribution in [0.3, 0.4) is 0 Å². The van der Waals surface area contributed by atoms with E-state index in [9.17, 15) is 0 Å². The standard InChI is InChI=1S/C10H15N5/c11-9(12)7-8-3-4-13-10(14-8)15-5-1-2-6-15/h3-4H,1-2,5-7H2,(H3,11,12). The van der Waals surface area contributed by atoms with Crippen LogP contribution >= 0.6 is 0 Å². The first-order valence-corrected chi connectivity index (χ1v) is 5.15. The van der Waals surface area contributed by atoms with E-state index in [4.69, 9.17) is 11.1 Å². The number of hydrogen-bond acceptors (Lipinski definition) is 4. The van der Waals surface area contributed by atoms with Crippen LogP contribution in [0.5, 0.6) is 0 Å². The molecule has 0 aliphatic carbocycles. The molecule has 0 bridgehead atoms. The highest BCUT2D eigenvalue weighted by molar-refractivity contribution is 5.79. The molecule has 1 aromatic heterocycles. The SMILES string of the molecule is N=C(N)Cc1ccnc(N2CCCC2)n1. The molecule has 1 fully saturated rings. The van der Waals surface area contributed by atoms with Crippen molar-refractivity contribution in [3.63, 3.8) is 0 Å². The lowest BCUT2D eigenvalue weighted by Gasteiger charge is -2.15. The maximum Gasteiger partial charge on any atom is 0.225 e. The molecule has 3 N–H and O–H groups in total. The van der Waals surface area contributed by atoms with Crippen LogP contribution in [0.15, 0.2) is 12.3 Å². The summed E-state index contributed by atoms with van der Waals surface area (Å²) in [4.78, 5) is 10.8. The van der Waals surface area contributed by atoms with Gasteiger partial charge in [0.15, 0.2) is 0 Å². The van der Waals surface area contributed by atoms with E-state index < -0.39 is 0 Å². The van der Waals surface area contributed by atoms with Crippen molar-refractivity contribution in [1.82, 2.24) is 9.97 Å². The summed E-state index contributed by atoms with van der Waals surface area (Å²) in [6.45, 7) is 2.06. The van der Waals surface area contributed by atoms with Gasteiger partial charge in [-0.2, -0.15) is 0 Å². The lowest BCUT2D eigenvalue weighted by atomic mass is 10.3. The molecule has 0 aromatic carbocycles. The summed E-state index contributed by atoms with van der Waals surface area (Å²) in [6, 6.07) is 1.81. The second kappa shape index (κ2) is 4.25. The zero-order chi connectivity index (χ0) is 10.7. The molecule has 5 heteroatoms. The lowest BCUT2D eigenvalue weighted by Crippen LogP contribution is -2.21. The Kier molecular flexibility index (Phi) is 2.80. The van der Waals surface area contributed by atoms with Gasteiger partial charge in [0.05, 0.1) is 11.5 Å². The first kappa shape index (κ1) is 9.89. The summed E-state index contributed by atoms with van der Waals surface area (Å²) in [6.07, 6.45) is 4.56. The van der Waals surface area contributed by atoms with Gasteiger partial charge in [-0.1, -0.05) is 0 Å². The van der Waals surface area contributed by atoms with Crippen molar-refractivity contribution < 1.29 is 0 Å². The van der Waals surface area contributed by atoms with Crippen LogP contribution in [-0.2, 0) is 6.42 Å². The van der Waals surface area contributed by atoms with Gasteiger partial charge >= 0.3 is 0 Å². The second-order valence-electron chi connectivity index (χ2n) is 3.74. The van der Waals surface area contributed by atoms with Crippen molar-refractivity contribution in [2.24, 2.45) is 5.73 Å². The summed E-state index contributed by atoms with van der Waals surface area (Å²) in [5.74, 6) is 0.910. The highest BCUT2D eigenvalue weighted by Crippen LogP contribution is 2.15. The molecule has 0 amide bonds. The first-order chi connectivity index (χ1) is 7.25. The number of aromatic nitrogens is 2. The molecule has 1 saturated heterocycles. The van der Waals surface area contributed by atoms with Crippen LogP contribution in [0.25, 0.3) is 0 Å². The molecule has 1 aliphatic heterocycles. The molecule has 2 heterocycles. The van der Waals surface area contributed by atoms with E-state index >= 15 is 0 Å². The van der Waals surface area contributed by atoms with Gasteiger partial charge in [0.25, 0.3) is 0 Å². The Morgan fingerprint density at radius 2 is 2.20 bits per heavy atom. The predicted molar refractivity (Wildman–Crippen MR) is 59.1 cm³/mol. The maximum atomic E-state index is 7.22. The smallest absolute Gasteiger partial charge is 0.225 e. The number of amidine groups is 1. The van der Waals surface area contributed by atoms with Gasteiger partial charge in [0, 0.05) is 25.7 Å². The van der Waals surface area contributed by atoms with Crippen molar-refractivity contribution in [3.05, 3.63) is 18.0 Å². The van der Waals surface area contributed by atoms with Crippen molar-refractivity contribution in [3.8, 4) is 0 Å². The zero-order valence-corrected chi connectivity index (χ0v) is 8.61. The Labute approximate surface area is 88.8 Å². The van der Waals surface area contributed by atoms with Gasteiger partial charge in [0.2, 0.25) is 5.95 Å². The molecular formula is C10H15N5. The second-order valence-corrected chi connectivity index (χ2v) is 3.74. The maximum absolute atomic E-state index is 7.22. The van der Waals surface area contributed by atoms with Crippen LogP contribution in [0, 0.1) is 5.41 Å². The van der Waals surface area contributed by atoms with Crippen LogP contribution in [0.1, 0.15) is 18.5 Å². The van der Waals surface area contributed by atoms with Crippen LogP contribution in [0.2, 0.25) is 0 Å². The Hall–Kier alpha value is -1.65. The normalized spacial score (nSPS) is 15.6. The van der Waals surface area contributed by atoms with E-state index in [1.165, 1.54) is 12.8 Å². The molecule has 80 valence electrons. The highest BCUT2D eigenvalue weighted by Gasteiger charge is 2.14. The Morgan fingerprint density at radius 3 is 2.87 bits per heavy atom. The van der Waals surface area contributed by atoms with E-state index in [2.05, 4.69) is 14.9 Å². The third-order valence-corrected chi connectivity index (χ3v) is 2.46. The minimum absolute atomic E-state index is 0.140. The van der Waals surface area contributed by atoms with Crippen molar-refractivity contribution in [1.29, 1.82) is 5.41 Å². The summed E-state index contributed by atoms with van der Waals surface area (Å²) in [5, 5.41) is 7.22. The monoisotopic (exact) mass is 205 g/mol. The fraction of sp³-hybridized carbons (Fsp3) is 0.500. The Morgan fingerprint density at radius 1 is 1.47 bits per heavy atom. The van der Waals surface area contributed by atoms with E-state index in [-0.39, 0.29) is 5.84 Å². The van der Waals surface area contributed by atoms with Gasteiger partial charge in [0.1, 0.15) is 0 Å². The fourth-order valence-electron chi connectivity index (χ4n) is 1.75. The number of hydrogen-bond donors (Lipinski definition) is 2. The van der Waals surface area contributed by atoms with Gasteiger partial charge in [-0.25, -0.2) is 9.97 Å². The lowest BCUT2D eigenvalue weighted by molar-refractivity contribution is 0.883. The number of anilines is 1. The van der Waals surface area contributed by atoms with E-state index in [0.29, 0.717) is 6.42 Å². The van der Waals surface area contributed by atoms with Gasteiger partial charge in [-0.3, -0.25) is 5.41 Å². The minimum atomic E-state index is 0.140. The van der Waals surface area contributed by atoms with E-state index in [0.717, 1.165) is 24.7 Å². The van der Waals surface area contributed by atoms with Crippen LogP contribution < -0.4 is 10.6 Å². The van der Waals surface area contributed by atoms with Gasteiger partial charge in [-0.15, -0.1) is 0 Å². The summed E-state index contributed by atoms with van der Waals surface area (Å²) < 4.78 is 0. The molecule has 0 radical (unpaired) electrons. The van der Waals surface area contributed by atoms with Crippen molar-refractivity contribution in [2.45, 2.75) is 19.3 Å². The highest BCUT2D eigenvalue weighted by atomic mass is 15.3. The quantitative estimate of drug-likeness (QED) is 0.558. The molecule has 2 rings (SSSR count). The van der Waals surface area contributed by atoms with Crippen LogP contribution in [0.4, 0.5) is 5.95 Å². The average molecular weight is 205 g/mol. The molecule has 0 saturated carbocycles. The average Bonchev–Trinajstić information content (AvgIpc) is 2.69. The summed E-state index contributed by atoms with van der Waals surface area (Å²) in [7, 11) is 0. The number of nitrogens with zero attached hydrogens (tertiary/aromatic N) is 3. The largest absolute Gasteiger partial charge is 0.387 e. The molecule has 15 heavy (non-hydrogen) atoms. The molecule has 0 unspecified atom stereocenters. The number of nitrogens with one attached hydrogen (secondary N) is 1. The van der Waals surface area contributed by atoms with Gasteiger partial charge in [-0.05, 0) is 18.9 Å². The number of nitrogens with two attached hydrogens (primary N) is 1. The van der Waals surface area contributed by atoms with Crippen molar-refractivity contribution in [2.75, 3.05) is 18.0 Å². The first-order valence-electron chi connectivity index (χ1n) is 5.15. The molecule has 0 atom stereocenters. The van der Waals surface area contributed by atoms with E-state index in [1.807, 2.05) is 0 Å². The molecule has 5 nitrogen and oxygen atoms in total. The third kappa shape index (κ3) is 2.43. The van der Waals surface area contributed by atoms with Crippen molar-refractivity contribution >= 4 is 11.8 Å². The topological polar surface area (TPSA) is 78.9 Å². The predicted octanol–water partition coefficient (Wildman–Crippen LogP) is 0.555. The molecule has 1 aromatic rings. The molecule has 1 aliphatic rings.